The van der Waals surface area contributed by atoms with Crippen molar-refractivity contribution >= 4 is 40.3 Å². The highest BCUT2D eigenvalue weighted by atomic mass is 16.7. The van der Waals surface area contributed by atoms with Gasteiger partial charge in [0, 0.05) is 54.8 Å². The van der Waals surface area contributed by atoms with Crippen molar-refractivity contribution in [2.75, 3.05) is 28.3 Å². The van der Waals surface area contributed by atoms with E-state index in [1.54, 1.807) is 48.7 Å². The van der Waals surface area contributed by atoms with E-state index in [1.165, 1.54) is 14.0 Å². The number of aromatic nitrogens is 1. The largest absolute Gasteiger partial charge is 0.497 e. The Morgan fingerprint density at radius 2 is 1.69 bits per heavy atom. The standard InChI is InChI=1S/C47H69N3O12/c1-13-35-47(8)37(38(44(56)62-47)49-36(51)17-15-14-16-30-21-31-22-32(57-11)18-19-33(31)48-24-30)27(4)39(52)25(2)23-46(7,58-12)42(28(5)40(53)29(6)43(55)60-35)61-45-41(54)34(50(9)10)20-26(3)59-45/h18-19,21-22,24-29,34-35,37-38,41-42,45,54H,13-17,20,23H2,1-12H3,(H,49,51)/t25-,26-,27-,28+,29-,34+,35-,37+,38?,41-,42-,45+,46-,47-/m1/s1. The highest BCUT2D eigenvalue weighted by Crippen LogP contribution is 2.45. The van der Waals surface area contributed by atoms with Gasteiger partial charge in [0.1, 0.15) is 35.7 Å². The van der Waals surface area contributed by atoms with Crippen LogP contribution in [0, 0.1) is 29.6 Å². The fourth-order valence-corrected chi connectivity index (χ4v) is 10.1. The maximum atomic E-state index is 14.7. The number of nitrogens with one attached hydrogen (secondary N) is 1. The van der Waals surface area contributed by atoms with Gasteiger partial charge in [0.05, 0.1) is 30.4 Å². The van der Waals surface area contributed by atoms with Crippen LogP contribution in [0.15, 0.2) is 30.5 Å². The van der Waals surface area contributed by atoms with Crippen LogP contribution in [-0.4, -0.2) is 127 Å². The lowest BCUT2D eigenvalue weighted by Gasteiger charge is -2.47. The smallest absolute Gasteiger partial charge is 0.329 e. The normalized spacial score (nSPS) is 36.2. The molecule has 15 heteroatoms. The van der Waals surface area contributed by atoms with E-state index < -0.39 is 89.2 Å². The Morgan fingerprint density at radius 1 is 0.984 bits per heavy atom. The number of hydrogen-bond donors (Lipinski definition) is 2. The van der Waals surface area contributed by atoms with Crippen LogP contribution in [-0.2, 0) is 54.1 Å². The molecule has 0 bridgehead atoms. The molecule has 3 saturated heterocycles. The van der Waals surface area contributed by atoms with Gasteiger partial charge in [-0.2, -0.15) is 0 Å². The molecule has 344 valence electrons. The van der Waals surface area contributed by atoms with Crippen molar-refractivity contribution in [3.8, 4) is 5.75 Å². The molecule has 0 saturated carbocycles. The van der Waals surface area contributed by atoms with Crippen LogP contribution in [0.3, 0.4) is 0 Å². The molecule has 0 spiro atoms. The van der Waals surface area contributed by atoms with Gasteiger partial charge in [-0.1, -0.05) is 27.7 Å². The van der Waals surface area contributed by atoms with E-state index in [0.717, 1.165) is 22.2 Å². The lowest BCUT2D eigenvalue weighted by Crippen LogP contribution is -2.59. The van der Waals surface area contributed by atoms with Crippen LogP contribution in [0.5, 0.6) is 5.75 Å². The molecule has 2 N–H and O–H groups in total. The molecule has 62 heavy (non-hydrogen) atoms. The summed E-state index contributed by atoms with van der Waals surface area (Å²) in [4.78, 5) is 77.0. The van der Waals surface area contributed by atoms with Crippen molar-refractivity contribution in [2.45, 2.75) is 154 Å². The van der Waals surface area contributed by atoms with Crippen LogP contribution >= 0.6 is 0 Å². The average Bonchev–Trinajstić information content (AvgIpc) is 3.50. The highest BCUT2D eigenvalue weighted by molar-refractivity contribution is 6.00. The van der Waals surface area contributed by atoms with Crippen molar-refractivity contribution in [2.24, 2.45) is 29.6 Å². The van der Waals surface area contributed by atoms with E-state index in [2.05, 4.69) is 16.4 Å². The third-order valence-corrected chi connectivity index (χ3v) is 13.7. The number of amides is 1. The van der Waals surface area contributed by atoms with Crippen LogP contribution in [0.4, 0.5) is 0 Å². The summed E-state index contributed by atoms with van der Waals surface area (Å²) in [5.74, 6) is -6.79. The zero-order valence-electron chi connectivity index (χ0n) is 38.6. The first kappa shape index (κ1) is 49.0. The molecule has 1 unspecified atom stereocenters. The minimum Gasteiger partial charge on any atom is -0.497 e. The number of aliphatic hydroxyl groups is 1. The number of ether oxygens (including phenoxy) is 6. The lowest BCUT2D eigenvalue weighted by atomic mass is 9.69. The van der Waals surface area contributed by atoms with E-state index in [1.807, 2.05) is 50.3 Å². The number of likely N-dealkylation sites (N-methyl/N-ethyl adjacent to an activating group) is 1. The second-order valence-electron chi connectivity index (χ2n) is 18.5. The van der Waals surface area contributed by atoms with Crippen molar-refractivity contribution in [1.82, 2.24) is 15.2 Å². The van der Waals surface area contributed by atoms with Gasteiger partial charge < -0.3 is 43.7 Å². The number of fused-ring (bicyclic) bond motifs is 2. The number of nitrogens with zero attached hydrogens (tertiary/aromatic N) is 2. The van der Waals surface area contributed by atoms with E-state index in [0.29, 0.717) is 25.7 Å². The number of esters is 2. The molecule has 3 aliphatic heterocycles. The fraction of sp³-hybridized carbons (Fsp3) is 0.702. The Labute approximate surface area is 366 Å². The molecule has 5 rings (SSSR count). The molecule has 1 aromatic carbocycles. The maximum Gasteiger partial charge on any atom is 0.329 e. The molecule has 4 heterocycles. The van der Waals surface area contributed by atoms with Gasteiger partial charge in [-0.15, -0.1) is 0 Å². The lowest BCUT2D eigenvalue weighted by molar-refractivity contribution is -0.295. The molecule has 2 aromatic rings. The van der Waals surface area contributed by atoms with Crippen LogP contribution in [0.25, 0.3) is 10.9 Å². The number of hydrogen-bond acceptors (Lipinski definition) is 14. The Kier molecular flexibility index (Phi) is 16.0. The number of cyclic esters (lactones) is 1. The predicted octanol–water partition coefficient (Wildman–Crippen LogP) is 5.00. The minimum atomic E-state index is -1.54. The molecule has 1 aromatic heterocycles. The number of rotatable bonds is 12. The molecule has 15 nitrogen and oxygen atoms in total. The third kappa shape index (κ3) is 10.3. The van der Waals surface area contributed by atoms with Gasteiger partial charge >= 0.3 is 11.9 Å². The number of ketones is 2. The number of carbonyl (C=O) groups excluding carboxylic acids is 5. The zero-order valence-corrected chi connectivity index (χ0v) is 38.6. The summed E-state index contributed by atoms with van der Waals surface area (Å²) in [7, 11) is 6.79. The summed E-state index contributed by atoms with van der Waals surface area (Å²) in [5.41, 5.74) is -0.993. The number of aryl methyl sites for hydroxylation is 1. The predicted molar refractivity (Wildman–Crippen MR) is 230 cm³/mol. The molecule has 0 aliphatic carbocycles. The van der Waals surface area contributed by atoms with E-state index in [4.69, 9.17) is 28.4 Å². The number of aliphatic hydroxyl groups excluding tert-OH is 1. The topological polar surface area (TPSA) is 189 Å². The van der Waals surface area contributed by atoms with Gasteiger partial charge in [0.25, 0.3) is 0 Å². The maximum absolute atomic E-state index is 14.7. The summed E-state index contributed by atoms with van der Waals surface area (Å²) in [6.45, 7) is 13.6. The van der Waals surface area contributed by atoms with Crippen molar-refractivity contribution in [1.29, 1.82) is 0 Å². The zero-order chi connectivity index (χ0) is 45.8. The number of methoxy groups -OCH3 is 2. The summed E-state index contributed by atoms with van der Waals surface area (Å²) in [6, 6.07) is 6.22. The second-order valence-corrected chi connectivity index (χ2v) is 18.5. The van der Waals surface area contributed by atoms with Crippen LogP contribution in [0.2, 0.25) is 0 Å². The first-order valence-electron chi connectivity index (χ1n) is 22.1. The molecule has 3 aliphatic rings. The summed E-state index contributed by atoms with van der Waals surface area (Å²) in [5, 5.41) is 15.3. The molecular formula is C47H69N3O12. The van der Waals surface area contributed by atoms with E-state index in [9.17, 15) is 29.1 Å². The summed E-state index contributed by atoms with van der Waals surface area (Å²) >= 11 is 0. The number of benzene rings is 1. The van der Waals surface area contributed by atoms with Crippen molar-refractivity contribution in [3.05, 3.63) is 36.0 Å². The molecule has 14 atom stereocenters. The molecular weight excluding hydrogens is 799 g/mol. The van der Waals surface area contributed by atoms with Crippen molar-refractivity contribution < 1.29 is 57.5 Å². The van der Waals surface area contributed by atoms with Crippen LogP contribution < -0.4 is 10.1 Å². The summed E-state index contributed by atoms with van der Waals surface area (Å²) < 4.78 is 36.4. The number of unbranched alkanes of at least 4 members (excludes halogenated alkanes) is 1. The number of carbonyl (C=O) groups is 5. The van der Waals surface area contributed by atoms with Gasteiger partial charge in [0.15, 0.2) is 17.7 Å². The second kappa shape index (κ2) is 20.2. The van der Waals surface area contributed by atoms with Gasteiger partial charge in [-0.05, 0) is 110 Å². The first-order valence-corrected chi connectivity index (χ1v) is 22.1. The van der Waals surface area contributed by atoms with Crippen LogP contribution in [0.1, 0.15) is 99.5 Å². The SMILES string of the molecule is CC[C@H]1OC(=O)[C@H](C)C(=O)[C@H](C)[C@@H](O[C@@H]2O[C@H](C)C[C@H](N(C)C)[C@H]2O)[C@](C)(OC)C[C@@H](C)C(=O)[C@H](C)[C@H]2C(NC(=O)CCCCc3cnc4ccc(OC)cc4c3)C(=O)O[C@@]21C. The average molecular weight is 868 g/mol. The van der Waals surface area contributed by atoms with Gasteiger partial charge in [-0.3, -0.25) is 24.2 Å². The quantitative estimate of drug-likeness (QED) is 0.165. The summed E-state index contributed by atoms with van der Waals surface area (Å²) in [6.07, 6.45) is -0.0419. The third-order valence-electron chi connectivity index (χ3n) is 13.7. The van der Waals surface area contributed by atoms with Gasteiger partial charge in [0.2, 0.25) is 5.91 Å². The highest BCUT2D eigenvalue weighted by Gasteiger charge is 2.62. The van der Waals surface area contributed by atoms with E-state index in [-0.39, 0.29) is 43.1 Å². The van der Waals surface area contributed by atoms with E-state index >= 15 is 0 Å². The van der Waals surface area contributed by atoms with Crippen molar-refractivity contribution in [3.63, 3.8) is 0 Å². The monoisotopic (exact) mass is 867 g/mol. The molecule has 0 radical (unpaired) electrons. The number of pyridine rings is 1. The first-order chi connectivity index (χ1) is 29.2. The fourth-order valence-electron chi connectivity index (χ4n) is 10.1. The number of Topliss-reactive ketones (excluding diaryl/α,β-unsaturated/α-hetero) is 2. The van der Waals surface area contributed by atoms with Gasteiger partial charge in [-0.25, -0.2) is 4.79 Å². The Morgan fingerprint density at radius 3 is 2.34 bits per heavy atom. The molecule has 3 fully saturated rings. The Bertz CT molecular complexity index is 1940. The Hall–Kier alpha value is -4.02. The Balaban J connectivity index is 1.40. The molecule has 1 amide bonds. The minimum absolute atomic E-state index is 0.0655.